The fourth-order valence-electron chi connectivity index (χ4n) is 9.11. The third-order valence-corrected chi connectivity index (χ3v) is 12.2. The maximum atomic E-state index is 13.1. The Hall–Kier alpha value is -0.950. The minimum Gasteiger partial charge on any atom is -0.348 e. The first-order valence-corrected chi connectivity index (χ1v) is 14.8. The summed E-state index contributed by atoms with van der Waals surface area (Å²) in [5, 5.41) is 0. The van der Waals surface area contributed by atoms with Gasteiger partial charge in [-0.15, -0.1) is 0 Å². The van der Waals surface area contributed by atoms with Crippen molar-refractivity contribution in [3.05, 3.63) is 29.8 Å². The van der Waals surface area contributed by atoms with Gasteiger partial charge in [0.1, 0.15) is 0 Å². The summed E-state index contributed by atoms with van der Waals surface area (Å²) >= 11 is 0. The Morgan fingerprint density at radius 3 is 2.29 bits per heavy atom. The zero-order valence-electron chi connectivity index (χ0n) is 20.9. The van der Waals surface area contributed by atoms with E-state index in [0.717, 1.165) is 63.2 Å². The smallest absolute Gasteiger partial charge is 0.297 e. The summed E-state index contributed by atoms with van der Waals surface area (Å²) in [5.74, 6) is 2.25. The third-order valence-electron chi connectivity index (χ3n) is 10.9. The van der Waals surface area contributed by atoms with E-state index in [2.05, 4.69) is 13.8 Å². The topological polar surface area (TPSA) is 61.8 Å². The van der Waals surface area contributed by atoms with Crippen molar-refractivity contribution in [1.82, 2.24) is 0 Å². The highest BCUT2D eigenvalue weighted by Gasteiger charge is 2.63. The third kappa shape index (κ3) is 3.54. The predicted octanol–water partition coefficient (Wildman–Crippen LogP) is 5.85. The molecule has 0 unspecified atom stereocenters. The number of hydrogen-bond acceptors (Lipinski definition) is 5. The Morgan fingerprint density at radius 1 is 0.853 bits per heavy atom. The van der Waals surface area contributed by atoms with Crippen LogP contribution in [0.4, 0.5) is 0 Å². The van der Waals surface area contributed by atoms with E-state index in [0.29, 0.717) is 17.8 Å². The molecule has 34 heavy (non-hydrogen) atoms. The minimum atomic E-state index is -3.76. The van der Waals surface area contributed by atoms with Gasteiger partial charge >= 0.3 is 0 Å². The van der Waals surface area contributed by atoms with Crippen molar-refractivity contribution < 1.29 is 22.1 Å². The molecule has 4 aliphatic carbocycles. The molecule has 7 atom stereocenters. The highest BCUT2D eigenvalue weighted by Crippen LogP contribution is 2.68. The van der Waals surface area contributed by atoms with Crippen LogP contribution in [0.2, 0.25) is 0 Å². The van der Waals surface area contributed by atoms with Crippen LogP contribution in [-0.4, -0.2) is 33.5 Å². The first-order chi connectivity index (χ1) is 16.2. The van der Waals surface area contributed by atoms with Crippen molar-refractivity contribution in [2.75, 3.05) is 13.2 Å². The second-order valence-corrected chi connectivity index (χ2v) is 14.0. The lowest BCUT2D eigenvalue weighted by Crippen LogP contribution is -2.57. The van der Waals surface area contributed by atoms with Gasteiger partial charge in [-0.25, -0.2) is 0 Å². The SMILES string of the molecule is Cc1ccc(S(=O)(=O)O[C@H]2CC[C@H]3[C@@H]4CC[C@H]5CCC6(C[C@]5(C)[C@H]4CC[C@]23C)OCCO6)cc1. The van der Waals surface area contributed by atoms with E-state index < -0.39 is 10.1 Å². The Kier molecular flexibility index (Phi) is 5.53. The summed E-state index contributed by atoms with van der Waals surface area (Å²) < 4.78 is 44.7. The molecular weight excluding hydrogens is 448 g/mol. The van der Waals surface area contributed by atoms with E-state index in [1.54, 1.807) is 12.1 Å². The van der Waals surface area contributed by atoms with Gasteiger partial charge in [-0.3, -0.25) is 4.18 Å². The summed E-state index contributed by atoms with van der Waals surface area (Å²) in [6, 6.07) is 7.03. The van der Waals surface area contributed by atoms with Crippen LogP contribution in [0.5, 0.6) is 0 Å². The summed E-state index contributed by atoms with van der Waals surface area (Å²) in [6.07, 6.45) is 9.73. The molecule has 0 N–H and O–H groups in total. The molecule has 1 spiro atoms. The van der Waals surface area contributed by atoms with Crippen LogP contribution < -0.4 is 0 Å². The van der Waals surface area contributed by atoms with Crippen LogP contribution in [-0.2, 0) is 23.8 Å². The number of fused-ring (bicyclic) bond motifs is 5. The number of rotatable bonds is 3. The van der Waals surface area contributed by atoms with Gasteiger partial charge in [0.25, 0.3) is 10.1 Å². The van der Waals surface area contributed by atoms with Crippen molar-refractivity contribution in [1.29, 1.82) is 0 Å². The highest BCUT2D eigenvalue weighted by molar-refractivity contribution is 7.86. The molecule has 0 aromatic heterocycles. The van der Waals surface area contributed by atoms with Gasteiger partial charge in [-0.05, 0) is 98.5 Å². The molecule has 5 aliphatic rings. The van der Waals surface area contributed by atoms with Gasteiger partial charge in [-0.2, -0.15) is 8.42 Å². The molecule has 4 saturated carbocycles. The van der Waals surface area contributed by atoms with E-state index in [4.69, 9.17) is 13.7 Å². The maximum absolute atomic E-state index is 13.1. The van der Waals surface area contributed by atoms with E-state index >= 15 is 0 Å². The molecule has 1 aromatic carbocycles. The van der Waals surface area contributed by atoms with Crippen molar-refractivity contribution in [3.63, 3.8) is 0 Å². The summed E-state index contributed by atoms with van der Waals surface area (Å²) in [6.45, 7) is 8.25. The molecule has 1 aliphatic heterocycles. The molecule has 5 nitrogen and oxygen atoms in total. The van der Waals surface area contributed by atoms with Crippen LogP contribution in [0.25, 0.3) is 0 Å². The van der Waals surface area contributed by atoms with Gasteiger partial charge in [0, 0.05) is 12.8 Å². The second kappa shape index (κ2) is 8.03. The Morgan fingerprint density at radius 2 is 1.56 bits per heavy atom. The predicted molar refractivity (Wildman–Crippen MR) is 130 cm³/mol. The van der Waals surface area contributed by atoms with Gasteiger partial charge in [-0.1, -0.05) is 31.5 Å². The Balaban J connectivity index is 1.23. The van der Waals surface area contributed by atoms with Crippen LogP contribution >= 0.6 is 0 Å². The van der Waals surface area contributed by atoms with Gasteiger partial charge < -0.3 is 9.47 Å². The molecular formula is C28H40O5S. The Bertz CT molecular complexity index is 1030. The van der Waals surface area contributed by atoms with Crippen LogP contribution in [0, 0.1) is 41.4 Å². The van der Waals surface area contributed by atoms with Gasteiger partial charge in [0.2, 0.25) is 0 Å². The van der Waals surface area contributed by atoms with E-state index in [1.807, 2.05) is 19.1 Å². The lowest BCUT2D eigenvalue weighted by Gasteiger charge is -2.62. The normalized spacial score (nSPS) is 43.3. The Labute approximate surface area is 205 Å². The summed E-state index contributed by atoms with van der Waals surface area (Å²) in [5.41, 5.74) is 1.22. The lowest BCUT2D eigenvalue weighted by atomic mass is 9.44. The molecule has 1 saturated heterocycles. The number of ether oxygens (including phenoxy) is 2. The molecule has 6 heteroatoms. The largest absolute Gasteiger partial charge is 0.348 e. The average molecular weight is 489 g/mol. The highest BCUT2D eigenvalue weighted by atomic mass is 32.2. The standard InChI is InChI=1S/C28H40O5S/c1-19-4-7-21(8-5-19)34(29,30)33-25-11-10-23-22-9-6-20-12-15-28(31-16-17-32-28)18-27(20,3)24(22)13-14-26(23,25)2/h4-5,7-8,20,22-25H,6,9-18H2,1-3H3/t20-,22-,23-,24-,25-,26-,27-/m0/s1. The number of hydrogen-bond donors (Lipinski definition) is 0. The molecule has 0 amide bonds. The van der Waals surface area contributed by atoms with E-state index in [-0.39, 0.29) is 27.6 Å². The second-order valence-electron chi connectivity index (χ2n) is 12.5. The zero-order chi connectivity index (χ0) is 23.8. The number of aryl methyl sites for hydroxylation is 1. The van der Waals surface area contributed by atoms with Gasteiger partial charge in [0.05, 0.1) is 24.2 Å². The molecule has 5 fully saturated rings. The molecule has 188 valence electrons. The molecule has 0 bridgehead atoms. The van der Waals surface area contributed by atoms with Crippen LogP contribution in [0.3, 0.4) is 0 Å². The quantitative estimate of drug-likeness (QED) is 0.499. The van der Waals surface area contributed by atoms with Gasteiger partial charge in [0.15, 0.2) is 5.79 Å². The zero-order valence-corrected chi connectivity index (χ0v) is 21.7. The number of benzene rings is 1. The molecule has 6 rings (SSSR count). The van der Waals surface area contributed by atoms with Crippen molar-refractivity contribution >= 4 is 10.1 Å². The minimum absolute atomic E-state index is 0.0746. The van der Waals surface area contributed by atoms with Crippen LogP contribution in [0.15, 0.2) is 29.2 Å². The average Bonchev–Trinajstić information content (AvgIpc) is 3.37. The van der Waals surface area contributed by atoms with Crippen LogP contribution in [0.1, 0.15) is 77.2 Å². The fourth-order valence-corrected chi connectivity index (χ4v) is 10.3. The summed E-state index contributed by atoms with van der Waals surface area (Å²) in [4.78, 5) is 0.274. The molecule has 0 radical (unpaired) electrons. The van der Waals surface area contributed by atoms with Crippen molar-refractivity contribution in [2.45, 2.75) is 95.3 Å². The maximum Gasteiger partial charge on any atom is 0.297 e. The monoisotopic (exact) mass is 488 g/mol. The lowest BCUT2D eigenvalue weighted by molar-refractivity contribution is -0.239. The molecule has 1 aromatic rings. The first kappa shape index (κ1) is 23.4. The van der Waals surface area contributed by atoms with Crippen molar-refractivity contribution in [3.8, 4) is 0 Å². The van der Waals surface area contributed by atoms with E-state index in [9.17, 15) is 8.42 Å². The van der Waals surface area contributed by atoms with E-state index in [1.165, 1.54) is 19.3 Å². The molecule has 1 heterocycles. The fraction of sp³-hybridized carbons (Fsp3) is 0.786. The summed E-state index contributed by atoms with van der Waals surface area (Å²) in [7, 11) is -3.76. The first-order valence-electron chi connectivity index (χ1n) is 13.4. The van der Waals surface area contributed by atoms with Crippen molar-refractivity contribution in [2.24, 2.45) is 34.5 Å².